The number of hydrogen-bond acceptors (Lipinski definition) is 5. The second kappa shape index (κ2) is 5.82. The molecule has 25 heavy (non-hydrogen) atoms. The maximum absolute atomic E-state index is 14.3. The number of imidazole rings is 1. The van der Waals surface area contributed by atoms with Gasteiger partial charge in [0, 0.05) is 18.0 Å². The van der Waals surface area contributed by atoms with Crippen LogP contribution in [0.4, 0.5) is 10.1 Å². The number of amides is 1. The van der Waals surface area contributed by atoms with Gasteiger partial charge in [0.1, 0.15) is 11.6 Å². The molecule has 0 aliphatic rings. The minimum absolute atomic E-state index is 0.0642. The van der Waals surface area contributed by atoms with Gasteiger partial charge in [0.25, 0.3) is 5.91 Å². The maximum Gasteiger partial charge on any atom is 0.294 e. The number of fused-ring (bicyclic) bond motifs is 1. The van der Waals surface area contributed by atoms with E-state index in [1.165, 1.54) is 30.5 Å². The minimum Gasteiger partial charge on any atom is -0.351 e. The highest BCUT2D eigenvalue weighted by Crippen LogP contribution is 2.26. The Hall–Kier alpha value is -3.55. The van der Waals surface area contributed by atoms with E-state index < -0.39 is 11.7 Å². The standard InChI is InChI=1S/C17H12FN5O2/c1-9-6-13-16(19-8-9)23-15(22-13)11-7-10(2-3-12(11)18)21-17(24)14-4-5-20-25-14/h2-8H,1H3,(H,21,24)(H,19,22,23). The summed E-state index contributed by atoms with van der Waals surface area (Å²) in [5, 5.41) is 6.11. The quantitative estimate of drug-likeness (QED) is 0.598. The average molecular weight is 337 g/mol. The molecular weight excluding hydrogens is 325 g/mol. The van der Waals surface area contributed by atoms with Gasteiger partial charge in [-0.3, -0.25) is 4.79 Å². The molecule has 0 saturated heterocycles. The van der Waals surface area contributed by atoms with Crippen molar-refractivity contribution in [1.82, 2.24) is 20.1 Å². The number of carbonyl (C=O) groups excluding carboxylic acids is 1. The molecule has 0 aliphatic carbocycles. The Bertz CT molecular complexity index is 1070. The maximum atomic E-state index is 14.3. The molecule has 0 spiro atoms. The molecular formula is C17H12FN5O2. The van der Waals surface area contributed by atoms with Crippen molar-refractivity contribution in [3.8, 4) is 11.4 Å². The number of nitrogens with zero attached hydrogens (tertiary/aromatic N) is 3. The molecule has 2 N–H and O–H groups in total. The third-order valence-corrected chi connectivity index (χ3v) is 3.62. The molecule has 124 valence electrons. The fraction of sp³-hybridized carbons (Fsp3) is 0.0588. The molecule has 1 aromatic carbocycles. The number of benzene rings is 1. The third-order valence-electron chi connectivity index (χ3n) is 3.62. The van der Waals surface area contributed by atoms with Gasteiger partial charge in [0.15, 0.2) is 5.65 Å². The number of aromatic nitrogens is 4. The van der Waals surface area contributed by atoms with E-state index >= 15 is 0 Å². The first-order chi connectivity index (χ1) is 12.1. The zero-order valence-corrected chi connectivity index (χ0v) is 13.1. The lowest BCUT2D eigenvalue weighted by molar-refractivity contribution is 0.0988. The highest BCUT2D eigenvalue weighted by molar-refractivity contribution is 6.02. The molecule has 0 unspecified atom stereocenters. The number of anilines is 1. The van der Waals surface area contributed by atoms with Crippen molar-refractivity contribution < 1.29 is 13.7 Å². The van der Waals surface area contributed by atoms with E-state index in [1.54, 1.807) is 6.20 Å². The largest absolute Gasteiger partial charge is 0.351 e. The lowest BCUT2D eigenvalue weighted by atomic mass is 10.1. The van der Waals surface area contributed by atoms with Gasteiger partial charge in [-0.25, -0.2) is 14.4 Å². The first-order valence-electron chi connectivity index (χ1n) is 7.44. The van der Waals surface area contributed by atoms with E-state index in [1.807, 2.05) is 13.0 Å². The van der Waals surface area contributed by atoms with E-state index in [9.17, 15) is 9.18 Å². The Morgan fingerprint density at radius 3 is 2.96 bits per heavy atom. The molecule has 0 bridgehead atoms. The van der Waals surface area contributed by atoms with Gasteiger partial charge in [-0.05, 0) is 36.8 Å². The molecule has 4 aromatic rings. The van der Waals surface area contributed by atoms with Gasteiger partial charge in [-0.2, -0.15) is 0 Å². The molecule has 3 heterocycles. The van der Waals surface area contributed by atoms with Crippen LogP contribution in [-0.4, -0.2) is 26.0 Å². The Labute approximate surface area is 140 Å². The number of hydrogen-bond donors (Lipinski definition) is 2. The molecule has 1 amide bonds. The van der Waals surface area contributed by atoms with Crippen molar-refractivity contribution in [2.24, 2.45) is 0 Å². The second-order valence-corrected chi connectivity index (χ2v) is 5.49. The van der Waals surface area contributed by atoms with E-state index in [2.05, 4.69) is 25.4 Å². The molecule has 4 rings (SSSR count). The van der Waals surface area contributed by atoms with E-state index in [4.69, 9.17) is 4.52 Å². The van der Waals surface area contributed by atoms with Crippen molar-refractivity contribution in [3.63, 3.8) is 0 Å². The van der Waals surface area contributed by atoms with Crippen molar-refractivity contribution in [1.29, 1.82) is 0 Å². The predicted octanol–water partition coefficient (Wildman–Crippen LogP) is 3.31. The smallest absolute Gasteiger partial charge is 0.294 e. The summed E-state index contributed by atoms with van der Waals surface area (Å²) in [7, 11) is 0. The molecule has 0 saturated carbocycles. The fourth-order valence-electron chi connectivity index (χ4n) is 2.44. The molecule has 0 atom stereocenters. The normalized spacial score (nSPS) is 11.0. The minimum atomic E-state index is -0.475. The van der Waals surface area contributed by atoms with Crippen LogP contribution >= 0.6 is 0 Å². The number of aromatic amines is 1. The van der Waals surface area contributed by atoms with E-state index in [-0.39, 0.29) is 11.3 Å². The summed E-state index contributed by atoms with van der Waals surface area (Å²) in [5.41, 5.74) is 2.81. The van der Waals surface area contributed by atoms with Crippen LogP contribution in [0.15, 0.2) is 47.2 Å². The van der Waals surface area contributed by atoms with Crippen molar-refractivity contribution >= 4 is 22.8 Å². The number of aryl methyl sites for hydroxylation is 1. The number of H-pyrrole nitrogens is 1. The SMILES string of the molecule is Cc1cnc2nc(-c3cc(NC(=O)c4ccno4)ccc3F)[nH]c2c1. The Balaban J connectivity index is 1.70. The van der Waals surface area contributed by atoms with Gasteiger partial charge >= 0.3 is 0 Å². The number of nitrogens with one attached hydrogen (secondary N) is 2. The molecule has 0 aliphatic heterocycles. The van der Waals surface area contributed by atoms with Crippen LogP contribution in [-0.2, 0) is 0 Å². The summed E-state index contributed by atoms with van der Waals surface area (Å²) in [5.74, 6) is -0.541. The Morgan fingerprint density at radius 2 is 2.16 bits per heavy atom. The zero-order chi connectivity index (χ0) is 17.4. The molecule has 0 radical (unpaired) electrons. The number of halogens is 1. The molecule has 0 fully saturated rings. The lowest BCUT2D eigenvalue weighted by Gasteiger charge is -2.06. The van der Waals surface area contributed by atoms with Crippen molar-refractivity contribution in [2.75, 3.05) is 5.32 Å². The van der Waals surface area contributed by atoms with Crippen LogP contribution in [0.25, 0.3) is 22.6 Å². The summed E-state index contributed by atoms with van der Waals surface area (Å²) < 4.78 is 19.0. The molecule has 7 nitrogen and oxygen atoms in total. The van der Waals surface area contributed by atoms with Gasteiger partial charge in [0.2, 0.25) is 5.76 Å². The Morgan fingerprint density at radius 1 is 1.28 bits per heavy atom. The number of carbonyl (C=O) groups is 1. The van der Waals surface area contributed by atoms with Gasteiger partial charge < -0.3 is 14.8 Å². The highest BCUT2D eigenvalue weighted by Gasteiger charge is 2.14. The summed E-state index contributed by atoms with van der Waals surface area (Å²) in [6.45, 7) is 1.91. The topological polar surface area (TPSA) is 96.7 Å². The monoisotopic (exact) mass is 337 g/mol. The van der Waals surface area contributed by atoms with Gasteiger partial charge in [-0.15, -0.1) is 0 Å². The third kappa shape index (κ3) is 2.85. The van der Waals surface area contributed by atoms with Gasteiger partial charge in [0.05, 0.1) is 17.3 Å². The van der Waals surface area contributed by atoms with Crippen molar-refractivity contribution in [3.05, 3.63) is 59.9 Å². The summed E-state index contributed by atoms with van der Waals surface area (Å²) in [6.07, 6.45) is 3.06. The van der Waals surface area contributed by atoms with Crippen LogP contribution in [0.5, 0.6) is 0 Å². The lowest BCUT2D eigenvalue weighted by Crippen LogP contribution is -2.11. The van der Waals surface area contributed by atoms with Crippen LogP contribution in [0.2, 0.25) is 0 Å². The zero-order valence-electron chi connectivity index (χ0n) is 13.1. The molecule has 3 aromatic heterocycles. The van der Waals surface area contributed by atoms with Crippen LogP contribution in [0.3, 0.4) is 0 Å². The molecule has 8 heteroatoms. The number of rotatable bonds is 3. The van der Waals surface area contributed by atoms with E-state index in [0.29, 0.717) is 22.7 Å². The van der Waals surface area contributed by atoms with Crippen LogP contribution < -0.4 is 5.32 Å². The van der Waals surface area contributed by atoms with E-state index in [0.717, 1.165) is 5.56 Å². The first-order valence-corrected chi connectivity index (χ1v) is 7.44. The van der Waals surface area contributed by atoms with Gasteiger partial charge in [-0.1, -0.05) is 5.16 Å². The summed E-state index contributed by atoms with van der Waals surface area (Å²) >= 11 is 0. The van der Waals surface area contributed by atoms with Crippen LogP contribution in [0, 0.1) is 12.7 Å². The fourth-order valence-corrected chi connectivity index (χ4v) is 2.44. The second-order valence-electron chi connectivity index (χ2n) is 5.49. The Kier molecular flexibility index (Phi) is 3.50. The van der Waals surface area contributed by atoms with Crippen molar-refractivity contribution in [2.45, 2.75) is 6.92 Å². The highest BCUT2D eigenvalue weighted by atomic mass is 19.1. The number of pyridine rings is 1. The summed E-state index contributed by atoms with van der Waals surface area (Å²) in [6, 6.07) is 7.53. The first kappa shape index (κ1) is 15.0. The van der Waals surface area contributed by atoms with Crippen LogP contribution in [0.1, 0.15) is 16.1 Å². The summed E-state index contributed by atoms with van der Waals surface area (Å²) in [4.78, 5) is 23.6. The average Bonchev–Trinajstić information content (AvgIpc) is 3.25. The predicted molar refractivity (Wildman–Crippen MR) is 88.5 cm³/mol.